The molecule has 0 unspecified atom stereocenters. The summed E-state index contributed by atoms with van der Waals surface area (Å²) in [6, 6.07) is 44.9. The van der Waals surface area contributed by atoms with Gasteiger partial charge in [-0.2, -0.15) is 0 Å². The quantitative estimate of drug-likeness (QED) is 0.223. The van der Waals surface area contributed by atoms with E-state index in [2.05, 4.69) is 95.9 Å². The third kappa shape index (κ3) is 3.69. The van der Waals surface area contributed by atoms with Crippen LogP contribution in [-0.2, 0) is 0 Å². The number of anilines is 3. The molecule has 2 heterocycles. The fourth-order valence-corrected chi connectivity index (χ4v) is 6.84. The molecule has 0 aliphatic heterocycles. The van der Waals surface area contributed by atoms with Gasteiger partial charge in [-0.15, -0.1) is 11.3 Å². The second-order valence-corrected chi connectivity index (χ2v) is 11.0. The van der Waals surface area contributed by atoms with E-state index in [0.29, 0.717) is 0 Å². The van der Waals surface area contributed by atoms with E-state index in [-0.39, 0.29) is 5.82 Å². The Balaban J connectivity index is 1.35. The Labute approximate surface area is 234 Å². The van der Waals surface area contributed by atoms with Gasteiger partial charge in [0, 0.05) is 37.6 Å². The second-order valence-electron chi connectivity index (χ2n) is 9.92. The zero-order valence-electron chi connectivity index (χ0n) is 21.3. The third-order valence-corrected chi connectivity index (χ3v) is 8.76. The molecule has 0 N–H and O–H groups in total. The van der Waals surface area contributed by atoms with E-state index in [1.165, 1.54) is 32.3 Å². The van der Waals surface area contributed by atoms with Gasteiger partial charge in [0.25, 0.3) is 0 Å². The number of para-hydroxylation sites is 1. The molecule has 6 aromatic carbocycles. The van der Waals surface area contributed by atoms with E-state index in [9.17, 15) is 4.39 Å². The van der Waals surface area contributed by atoms with Crippen LogP contribution in [0.1, 0.15) is 0 Å². The Kier molecular flexibility index (Phi) is 5.22. The molecule has 190 valence electrons. The van der Waals surface area contributed by atoms with Crippen molar-refractivity contribution in [1.29, 1.82) is 0 Å². The van der Waals surface area contributed by atoms with E-state index < -0.39 is 0 Å². The summed E-state index contributed by atoms with van der Waals surface area (Å²) in [4.78, 5) is 2.33. The maximum Gasteiger partial charge on any atom is 0.135 e. The van der Waals surface area contributed by atoms with Gasteiger partial charge in [0.05, 0.1) is 10.4 Å². The highest BCUT2D eigenvalue weighted by atomic mass is 32.1. The SMILES string of the molecule is Fc1ccc(-c2ccc(N(c3ccc4oc5ccccc5c4c3)c3cccc4c3sc3ccccc34)cc2)cc1. The molecule has 40 heavy (non-hydrogen) atoms. The zero-order valence-corrected chi connectivity index (χ0v) is 22.2. The maximum absolute atomic E-state index is 13.5. The lowest BCUT2D eigenvalue weighted by Gasteiger charge is -2.26. The van der Waals surface area contributed by atoms with Crippen LogP contribution in [0.3, 0.4) is 0 Å². The number of hydrogen-bond acceptors (Lipinski definition) is 3. The van der Waals surface area contributed by atoms with Crippen molar-refractivity contribution in [2.45, 2.75) is 0 Å². The lowest BCUT2D eigenvalue weighted by molar-refractivity contribution is 0.628. The Morgan fingerprint density at radius 1 is 0.525 bits per heavy atom. The second kappa shape index (κ2) is 9.08. The topological polar surface area (TPSA) is 16.4 Å². The molecule has 8 aromatic rings. The van der Waals surface area contributed by atoms with Crippen molar-refractivity contribution in [3.8, 4) is 11.1 Å². The van der Waals surface area contributed by atoms with E-state index in [1.807, 2.05) is 41.7 Å². The van der Waals surface area contributed by atoms with Crippen molar-refractivity contribution in [3.05, 3.63) is 139 Å². The minimum Gasteiger partial charge on any atom is -0.456 e. The number of furan rings is 1. The molecule has 4 heteroatoms. The van der Waals surface area contributed by atoms with Crippen LogP contribution in [0.15, 0.2) is 138 Å². The fourth-order valence-electron chi connectivity index (χ4n) is 5.63. The standard InChI is InChI=1S/C36H22FNOS/c37-25-16-12-23(13-17-25)24-14-18-26(19-15-24)38(27-20-21-34-31(22-27)28-6-1-3-10-33(28)39-34)32-9-5-8-30-29-7-2-4-11-35(29)40-36(30)32/h1-22H. The van der Waals surface area contributed by atoms with Gasteiger partial charge >= 0.3 is 0 Å². The predicted octanol–water partition coefficient (Wildman–Crippen LogP) is 11.2. The fraction of sp³-hybridized carbons (Fsp3) is 0. The molecule has 0 atom stereocenters. The van der Waals surface area contributed by atoms with E-state index >= 15 is 0 Å². The Morgan fingerprint density at radius 2 is 1.18 bits per heavy atom. The molecule has 0 aliphatic carbocycles. The Hall–Kier alpha value is -4.93. The van der Waals surface area contributed by atoms with Gasteiger partial charge < -0.3 is 9.32 Å². The minimum atomic E-state index is -0.231. The highest BCUT2D eigenvalue weighted by molar-refractivity contribution is 7.26. The normalized spacial score (nSPS) is 11.6. The van der Waals surface area contributed by atoms with Crippen molar-refractivity contribution in [2.75, 3.05) is 4.90 Å². The summed E-state index contributed by atoms with van der Waals surface area (Å²) in [7, 11) is 0. The Bertz CT molecular complexity index is 2170. The highest BCUT2D eigenvalue weighted by Gasteiger charge is 2.19. The van der Waals surface area contributed by atoms with Crippen LogP contribution in [0.2, 0.25) is 0 Å². The highest BCUT2D eigenvalue weighted by Crippen LogP contribution is 2.45. The third-order valence-electron chi connectivity index (χ3n) is 7.55. The van der Waals surface area contributed by atoms with Gasteiger partial charge in [-0.3, -0.25) is 0 Å². The van der Waals surface area contributed by atoms with Crippen molar-refractivity contribution < 1.29 is 8.81 Å². The number of benzene rings is 6. The first-order chi connectivity index (χ1) is 19.7. The van der Waals surface area contributed by atoms with E-state index in [0.717, 1.165) is 50.1 Å². The van der Waals surface area contributed by atoms with Crippen LogP contribution in [0, 0.1) is 5.82 Å². The summed E-state index contributed by atoms with van der Waals surface area (Å²) in [6.45, 7) is 0. The summed E-state index contributed by atoms with van der Waals surface area (Å²) in [5.41, 5.74) is 7.01. The number of nitrogens with zero attached hydrogens (tertiary/aromatic N) is 1. The van der Waals surface area contributed by atoms with E-state index in [1.54, 1.807) is 0 Å². The number of fused-ring (bicyclic) bond motifs is 6. The summed E-state index contributed by atoms with van der Waals surface area (Å²) < 4.78 is 22.2. The van der Waals surface area contributed by atoms with Gasteiger partial charge in [-0.25, -0.2) is 4.39 Å². The first-order valence-corrected chi connectivity index (χ1v) is 14.0. The number of halogens is 1. The van der Waals surface area contributed by atoms with Crippen molar-refractivity contribution >= 4 is 70.5 Å². The zero-order chi connectivity index (χ0) is 26.6. The molecule has 0 saturated heterocycles. The minimum absolute atomic E-state index is 0.231. The van der Waals surface area contributed by atoms with E-state index in [4.69, 9.17) is 4.42 Å². The molecule has 2 nitrogen and oxygen atoms in total. The molecule has 0 bridgehead atoms. The van der Waals surface area contributed by atoms with Crippen LogP contribution < -0.4 is 4.90 Å². The van der Waals surface area contributed by atoms with Crippen molar-refractivity contribution in [1.82, 2.24) is 0 Å². The number of hydrogen-bond donors (Lipinski definition) is 0. The van der Waals surface area contributed by atoms with Gasteiger partial charge in [0.2, 0.25) is 0 Å². The maximum atomic E-state index is 13.5. The lowest BCUT2D eigenvalue weighted by Crippen LogP contribution is -2.10. The molecule has 0 fully saturated rings. The summed E-state index contributed by atoms with van der Waals surface area (Å²) in [5.74, 6) is -0.231. The van der Waals surface area contributed by atoms with Crippen LogP contribution in [0.5, 0.6) is 0 Å². The van der Waals surface area contributed by atoms with Crippen LogP contribution >= 0.6 is 11.3 Å². The van der Waals surface area contributed by atoms with Crippen LogP contribution in [0.4, 0.5) is 21.5 Å². The average molecular weight is 536 g/mol. The summed E-state index contributed by atoms with van der Waals surface area (Å²) >= 11 is 1.82. The predicted molar refractivity (Wildman–Crippen MR) is 167 cm³/mol. The molecular formula is C36H22FNOS. The number of rotatable bonds is 4. The molecule has 2 aromatic heterocycles. The summed E-state index contributed by atoms with van der Waals surface area (Å²) in [5, 5.41) is 4.71. The molecule has 0 radical (unpaired) electrons. The van der Waals surface area contributed by atoms with Gasteiger partial charge in [0.1, 0.15) is 17.0 Å². The first kappa shape index (κ1) is 23.0. The smallest absolute Gasteiger partial charge is 0.135 e. The molecule has 0 aliphatic rings. The van der Waals surface area contributed by atoms with Gasteiger partial charge in [0.15, 0.2) is 0 Å². The van der Waals surface area contributed by atoms with Crippen LogP contribution in [0.25, 0.3) is 53.2 Å². The first-order valence-electron chi connectivity index (χ1n) is 13.2. The monoisotopic (exact) mass is 535 g/mol. The molecular weight excluding hydrogens is 513 g/mol. The molecule has 8 rings (SSSR count). The van der Waals surface area contributed by atoms with Crippen molar-refractivity contribution in [2.24, 2.45) is 0 Å². The van der Waals surface area contributed by atoms with Gasteiger partial charge in [-0.05, 0) is 71.8 Å². The molecule has 0 amide bonds. The van der Waals surface area contributed by atoms with Gasteiger partial charge in [-0.1, -0.05) is 72.8 Å². The molecule has 0 spiro atoms. The summed E-state index contributed by atoms with van der Waals surface area (Å²) in [6.07, 6.45) is 0. The number of thiophene rings is 1. The van der Waals surface area contributed by atoms with Crippen LogP contribution in [-0.4, -0.2) is 0 Å². The largest absolute Gasteiger partial charge is 0.456 e. The molecule has 0 saturated carbocycles. The van der Waals surface area contributed by atoms with Crippen molar-refractivity contribution in [3.63, 3.8) is 0 Å². The lowest BCUT2D eigenvalue weighted by atomic mass is 10.0. The Morgan fingerprint density at radius 3 is 2.00 bits per heavy atom. The average Bonchev–Trinajstić information content (AvgIpc) is 3.57.